The van der Waals surface area contributed by atoms with Gasteiger partial charge in [-0.05, 0) is 30.4 Å². The van der Waals surface area contributed by atoms with Crippen molar-refractivity contribution in [3.63, 3.8) is 0 Å². The van der Waals surface area contributed by atoms with Crippen molar-refractivity contribution in [1.29, 1.82) is 0 Å². The number of amides is 4. The minimum Gasteiger partial charge on any atom is -0.495 e. The molecule has 9 nitrogen and oxygen atoms in total. The molecule has 29 heavy (non-hydrogen) atoms. The number of anilines is 1. The first kappa shape index (κ1) is 24.2. The second-order valence-corrected chi connectivity index (χ2v) is 7.38. The van der Waals surface area contributed by atoms with Crippen LogP contribution in [0.25, 0.3) is 0 Å². The molecule has 0 unspecified atom stereocenters. The van der Waals surface area contributed by atoms with Crippen LogP contribution in [0.3, 0.4) is 0 Å². The van der Waals surface area contributed by atoms with E-state index in [-0.39, 0.29) is 31.3 Å². The molecule has 0 aromatic heterocycles. The highest BCUT2D eigenvalue weighted by Crippen LogP contribution is 2.22. The molecule has 4 N–H and O–H groups in total. The van der Waals surface area contributed by atoms with Crippen LogP contribution in [0.4, 0.5) is 10.5 Å². The van der Waals surface area contributed by atoms with E-state index in [9.17, 15) is 14.4 Å². The monoisotopic (exact) mass is 408 g/mol. The Bertz CT molecular complexity index is 681. The normalized spacial score (nSPS) is 11.5. The number of nitrogens with one attached hydrogen (secondary N) is 3. The maximum absolute atomic E-state index is 12.6. The number of hydrogen-bond donors (Lipinski definition) is 4. The summed E-state index contributed by atoms with van der Waals surface area (Å²) in [5.74, 6) is -0.0449. The molecular formula is C20H32N4O5. The molecule has 0 spiro atoms. The Morgan fingerprint density at radius 1 is 1.17 bits per heavy atom. The third-order valence-corrected chi connectivity index (χ3v) is 4.28. The first-order valence-electron chi connectivity index (χ1n) is 9.65. The van der Waals surface area contributed by atoms with Gasteiger partial charge in [-0.15, -0.1) is 0 Å². The van der Waals surface area contributed by atoms with Gasteiger partial charge >= 0.3 is 6.03 Å². The molecule has 0 aliphatic carbocycles. The standard InChI is InChI=1S/C20H32N4O5/c1-14(2)9-10-24(13-18(25)23-28)19(26)11-15(3)12-21-20(27)22-16-7-5-6-8-17(16)29-4/h5-8,14-15,28H,9-13H2,1-4H3,(H,23,25)(H2,21,22,27)/t15-/m0/s1. The summed E-state index contributed by atoms with van der Waals surface area (Å²) >= 11 is 0. The van der Waals surface area contributed by atoms with Gasteiger partial charge in [0.15, 0.2) is 0 Å². The molecule has 0 saturated heterocycles. The quantitative estimate of drug-likeness (QED) is 0.331. The molecule has 0 aliphatic heterocycles. The van der Waals surface area contributed by atoms with Crippen LogP contribution in [0.1, 0.15) is 33.6 Å². The predicted molar refractivity (Wildman–Crippen MR) is 110 cm³/mol. The van der Waals surface area contributed by atoms with Gasteiger partial charge in [0.1, 0.15) is 12.3 Å². The van der Waals surface area contributed by atoms with Gasteiger partial charge < -0.3 is 20.3 Å². The number of nitrogens with zero attached hydrogens (tertiary/aromatic N) is 1. The number of para-hydroxylation sites is 2. The summed E-state index contributed by atoms with van der Waals surface area (Å²) in [5.41, 5.74) is 2.10. The number of methoxy groups -OCH3 is 1. The van der Waals surface area contributed by atoms with Gasteiger partial charge in [0.2, 0.25) is 5.91 Å². The molecule has 0 aliphatic rings. The molecule has 162 valence electrons. The highest BCUT2D eigenvalue weighted by Gasteiger charge is 2.20. The zero-order valence-electron chi connectivity index (χ0n) is 17.5. The second kappa shape index (κ2) is 12.6. The maximum atomic E-state index is 12.6. The van der Waals surface area contributed by atoms with E-state index in [2.05, 4.69) is 10.6 Å². The predicted octanol–water partition coefficient (Wildman–Crippen LogP) is 2.22. The second-order valence-electron chi connectivity index (χ2n) is 7.38. The Morgan fingerprint density at radius 3 is 2.48 bits per heavy atom. The lowest BCUT2D eigenvalue weighted by atomic mass is 10.1. The minimum absolute atomic E-state index is 0.135. The Balaban J connectivity index is 2.52. The summed E-state index contributed by atoms with van der Waals surface area (Å²) in [7, 11) is 1.52. The van der Waals surface area contributed by atoms with Crippen molar-refractivity contribution in [2.45, 2.75) is 33.6 Å². The van der Waals surface area contributed by atoms with Gasteiger partial charge in [-0.2, -0.15) is 0 Å². The van der Waals surface area contributed by atoms with Crippen molar-refractivity contribution in [3.05, 3.63) is 24.3 Å². The van der Waals surface area contributed by atoms with E-state index in [0.29, 0.717) is 23.9 Å². The van der Waals surface area contributed by atoms with E-state index in [4.69, 9.17) is 9.94 Å². The van der Waals surface area contributed by atoms with Crippen molar-refractivity contribution < 1.29 is 24.3 Å². The molecule has 1 rings (SSSR count). The van der Waals surface area contributed by atoms with E-state index in [0.717, 1.165) is 6.42 Å². The smallest absolute Gasteiger partial charge is 0.319 e. The zero-order valence-corrected chi connectivity index (χ0v) is 17.5. The first-order valence-corrected chi connectivity index (χ1v) is 9.65. The summed E-state index contributed by atoms with van der Waals surface area (Å²) in [4.78, 5) is 37.6. The van der Waals surface area contributed by atoms with Crippen LogP contribution in [0, 0.1) is 11.8 Å². The molecule has 1 aromatic rings. The fourth-order valence-corrected chi connectivity index (χ4v) is 2.60. The minimum atomic E-state index is -0.635. The van der Waals surface area contributed by atoms with Gasteiger partial charge in [0.25, 0.3) is 5.91 Å². The largest absolute Gasteiger partial charge is 0.495 e. The van der Waals surface area contributed by atoms with Crippen LogP contribution < -0.4 is 20.9 Å². The average molecular weight is 408 g/mol. The maximum Gasteiger partial charge on any atom is 0.319 e. The topological polar surface area (TPSA) is 120 Å². The van der Waals surface area contributed by atoms with Crippen molar-refractivity contribution in [2.24, 2.45) is 11.8 Å². The molecule has 0 bridgehead atoms. The summed E-state index contributed by atoms with van der Waals surface area (Å²) in [6.07, 6.45) is 0.921. The number of hydrogen-bond acceptors (Lipinski definition) is 5. The third kappa shape index (κ3) is 9.29. The lowest BCUT2D eigenvalue weighted by Crippen LogP contribution is -2.42. The van der Waals surface area contributed by atoms with Crippen molar-refractivity contribution in [1.82, 2.24) is 15.7 Å². The average Bonchev–Trinajstić information content (AvgIpc) is 2.69. The Morgan fingerprint density at radius 2 is 1.86 bits per heavy atom. The summed E-state index contributed by atoms with van der Waals surface area (Å²) in [6, 6.07) is 6.66. The number of hydroxylamine groups is 1. The van der Waals surface area contributed by atoms with E-state index in [1.165, 1.54) is 12.0 Å². The van der Waals surface area contributed by atoms with Gasteiger partial charge in [0.05, 0.1) is 12.8 Å². The van der Waals surface area contributed by atoms with Crippen LogP contribution in [-0.2, 0) is 9.59 Å². The summed E-state index contributed by atoms with van der Waals surface area (Å²) < 4.78 is 5.19. The van der Waals surface area contributed by atoms with Gasteiger partial charge in [-0.25, -0.2) is 10.3 Å². The molecule has 0 heterocycles. The zero-order chi connectivity index (χ0) is 21.8. The van der Waals surface area contributed by atoms with Crippen LogP contribution >= 0.6 is 0 Å². The fourth-order valence-electron chi connectivity index (χ4n) is 2.60. The molecule has 0 radical (unpaired) electrons. The van der Waals surface area contributed by atoms with E-state index < -0.39 is 11.9 Å². The van der Waals surface area contributed by atoms with Crippen molar-refractivity contribution in [3.8, 4) is 5.75 Å². The molecular weight excluding hydrogens is 376 g/mol. The highest BCUT2D eigenvalue weighted by molar-refractivity contribution is 5.91. The summed E-state index contributed by atoms with van der Waals surface area (Å²) in [6.45, 7) is 6.42. The molecule has 4 amide bonds. The molecule has 1 aromatic carbocycles. The lowest BCUT2D eigenvalue weighted by Gasteiger charge is -2.24. The van der Waals surface area contributed by atoms with Crippen LogP contribution in [0.15, 0.2) is 24.3 Å². The number of carbonyl (C=O) groups excluding carboxylic acids is 3. The van der Waals surface area contributed by atoms with Gasteiger partial charge in [-0.3, -0.25) is 14.8 Å². The number of urea groups is 1. The fraction of sp³-hybridized carbons (Fsp3) is 0.550. The number of carbonyl (C=O) groups is 3. The van der Waals surface area contributed by atoms with Crippen LogP contribution in [0.5, 0.6) is 5.75 Å². The SMILES string of the molecule is COc1ccccc1NC(=O)NC[C@@H](C)CC(=O)N(CCC(C)C)CC(=O)NO. The third-order valence-electron chi connectivity index (χ3n) is 4.28. The Labute approximate surface area is 171 Å². The van der Waals surface area contributed by atoms with Crippen LogP contribution in [0.2, 0.25) is 0 Å². The molecule has 0 fully saturated rings. The Hall–Kier alpha value is -2.81. The van der Waals surface area contributed by atoms with Gasteiger partial charge in [-0.1, -0.05) is 32.9 Å². The van der Waals surface area contributed by atoms with Crippen LogP contribution in [-0.4, -0.2) is 54.7 Å². The molecule has 1 atom stereocenters. The molecule has 0 saturated carbocycles. The van der Waals surface area contributed by atoms with E-state index in [1.807, 2.05) is 20.8 Å². The number of ether oxygens (including phenoxy) is 1. The van der Waals surface area contributed by atoms with E-state index >= 15 is 0 Å². The van der Waals surface area contributed by atoms with Crippen molar-refractivity contribution in [2.75, 3.05) is 32.1 Å². The number of benzene rings is 1. The van der Waals surface area contributed by atoms with Crippen molar-refractivity contribution >= 4 is 23.5 Å². The highest BCUT2D eigenvalue weighted by atomic mass is 16.5. The lowest BCUT2D eigenvalue weighted by molar-refractivity contribution is -0.140. The Kier molecular flexibility index (Phi) is 10.5. The first-order chi connectivity index (χ1) is 13.8. The summed E-state index contributed by atoms with van der Waals surface area (Å²) in [5, 5.41) is 14.2. The molecule has 9 heteroatoms. The van der Waals surface area contributed by atoms with Gasteiger partial charge in [0, 0.05) is 19.5 Å². The number of rotatable bonds is 11. The van der Waals surface area contributed by atoms with E-state index in [1.54, 1.807) is 29.7 Å².